The van der Waals surface area contributed by atoms with E-state index in [4.69, 9.17) is 15.2 Å². The van der Waals surface area contributed by atoms with Crippen molar-refractivity contribution in [3.8, 4) is 5.75 Å². The number of likely N-dealkylation sites (N-methyl/N-ethyl adjacent to an activating group) is 1. The second-order valence-corrected chi connectivity index (χ2v) is 7.47. The Kier molecular flexibility index (Phi) is 5.80. The van der Waals surface area contributed by atoms with Gasteiger partial charge in [0.05, 0.1) is 11.5 Å². The van der Waals surface area contributed by atoms with Gasteiger partial charge >= 0.3 is 0 Å². The van der Waals surface area contributed by atoms with Crippen LogP contribution in [-0.2, 0) is 14.8 Å². The maximum absolute atomic E-state index is 12.6. The van der Waals surface area contributed by atoms with Gasteiger partial charge in [-0.2, -0.15) is 4.31 Å². The summed E-state index contributed by atoms with van der Waals surface area (Å²) in [7, 11) is -0.319. The molecule has 1 aliphatic carbocycles. The van der Waals surface area contributed by atoms with E-state index in [9.17, 15) is 8.42 Å². The van der Waals surface area contributed by atoms with E-state index >= 15 is 0 Å². The first-order valence-electron chi connectivity index (χ1n) is 7.40. The predicted molar refractivity (Wildman–Crippen MR) is 84.3 cm³/mol. The summed E-state index contributed by atoms with van der Waals surface area (Å²) in [5, 5.41) is 0. The monoisotopic (exact) mass is 328 g/mol. The van der Waals surface area contributed by atoms with Gasteiger partial charge in [-0.3, -0.25) is 0 Å². The summed E-state index contributed by atoms with van der Waals surface area (Å²) in [5.41, 5.74) is 5.74. The minimum Gasteiger partial charge on any atom is -0.491 e. The van der Waals surface area contributed by atoms with E-state index in [2.05, 4.69) is 0 Å². The first kappa shape index (κ1) is 17.2. The fourth-order valence-corrected chi connectivity index (χ4v) is 3.84. The fourth-order valence-electron chi connectivity index (χ4n) is 2.41. The lowest BCUT2D eigenvalue weighted by atomic mass is 10.2. The van der Waals surface area contributed by atoms with Crippen LogP contribution in [0.25, 0.3) is 0 Å². The van der Waals surface area contributed by atoms with E-state index in [1.54, 1.807) is 38.4 Å². The molecule has 0 heterocycles. The molecule has 1 unspecified atom stereocenters. The second kappa shape index (κ2) is 7.41. The number of nitrogens with zero attached hydrogens (tertiary/aromatic N) is 1. The number of nitrogens with two attached hydrogens (primary N) is 1. The summed E-state index contributed by atoms with van der Waals surface area (Å²) in [6.07, 6.45) is 2.10. The Morgan fingerprint density at radius 2 is 1.91 bits per heavy atom. The van der Waals surface area contributed by atoms with Crippen LogP contribution in [0.2, 0.25) is 0 Å². The van der Waals surface area contributed by atoms with E-state index < -0.39 is 10.0 Å². The van der Waals surface area contributed by atoms with Crippen molar-refractivity contribution in [2.75, 3.05) is 33.9 Å². The molecule has 124 valence electrons. The highest BCUT2D eigenvalue weighted by Gasteiger charge is 2.38. The van der Waals surface area contributed by atoms with E-state index in [1.165, 1.54) is 4.31 Å². The van der Waals surface area contributed by atoms with Crippen LogP contribution in [-0.4, -0.2) is 52.7 Å². The summed E-state index contributed by atoms with van der Waals surface area (Å²) < 4.78 is 37.0. The second-order valence-electron chi connectivity index (χ2n) is 5.47. The molecule has 0 bridgehead atoms. The molecule has 6 nitrogen and oxygen atoms in total. The Morgan fingerprint density at radius 3 is 2.41 bits per heavy atom. The molecule has 1 fully saturated rings. The highest BCUT2D eigenvalue weighted by Crippen LogP contribution is 2.36. The Morgan fingerprint density at radius 1 is 1.27 bits per heavy atom. The summed E-state index contributed by atoms with van der Waals surface area (Å²) in [6, 6.07) is 6.32. The van der Waals surface area contributed by atoms with Gasteiger partial charge in [-0.15, -0.1) is 0 Å². The molecule has 1 aromatic carbocycles. The van der Waals surface area contributed by atoms with Crippen molar-refractivity contribution >= 4 is 10.0 Å². The summed E-state index contributed by atoms with van der Waals surface area (Å²) >= 11 is 0. The van der Waals surface area contributed by atoms with Crippen LogP contribution in [0.5, 0.6) is 5.75 Å². The molecule has 0 aromatic heterocycles. The van der Waals surface area contributed by atoms with Crippen molar-refractivity contribution in [1.82, 2.24) is 4.31 Å². The Hall–Kier alpha value is -1.15. The van der Waals surface area contributed by atoms with Gasteiger partial charge < -0.3 is 15.2 Å². The van der Waals surface area contributed by atoms with E-state index in [-0.39, 0.29) is 10.9 Å². The zero-order chi connectivity index (χ0) is 16.2. The Labute approximate surface area is 132 Å². The van der Waals surface area contributed by atoms with Gasteiger partial charge in [0.15, 0.2) is 0 Å². The average Bonchev–Trinajstić information content (AvgIpc) is 3.33. The maximum atomic E-state index is 12.6. The zero-order valence-corrected chi connectivity index (χ0v) is 13.9. The zero-order valence-electron chi connectivity index (χ0n) is 13.1. The molecule has 1 aliphatic rings. The number of ether oxygens (including phenoxy) is 2. The highest BCUT2D eigenvalue weighted by molar-refractivity contribution is 7.89. The standard InChI is InChI=1S/C15H24N2O4S/c1-17(15(11-16)12-3-4-12)22(18,19)14-7-5-13(6-8-14)21-10-9-20-2/h5-8,12,15H,3-4,9-11,16H2,1-2H3. The number of sulfonamides is 1. The van der Waals surface area contributed by atoms with Gasteiger partial charge in [-0.25, -0.2) is 8.42 Å². The van der Waals surface area contributed by atoms with Crippen LogP contribution < -0.4 is 10.5 Å². The lowest BCUT2D eigenvalue weighted by Crippen LogP contribution is -2.43. The van der Waals surface area contributed by atoms with Crippen molar-refractivity contribution in [2.45, 2.75) is 23.8 Å². The normalized spacial score (nSPS) is 16.7. The average molecular weight is 328 g/mol. The molecular formula is C15H24N2O4S. The minimum absolute atomic E-state index is 0.123. The van der Waals surface area contributed by atoms with Crippen LogP contribution in [0.4, 0.5) is 0 Å². The third-order valence-electron chi connectivity index (χ3n) is 3.93. The number of hydrogen-bond acceptors (Lipinski definition) is 5. The van der Waals surface area contributed by atoms with E-state index in [0.717, 1.165) is 12.8 Å². The van der Waals surface area contributed by atoms with Crippen LogP contribution in [0.1, 0.15) is 12.8 Å². The molecule has 0 saturated heterocycles. The maximum Gasteiger partial charge on any atom is 0.243 e. The number of hydrogen-bond donors (Lipinski definition) is 1. The molecule has 7 heteroatoms. The van der Waals surface area contributed by atoms with Gasteiger partial charge in [0, 0.05) is 26.7 Å². The topological polar surface area (TPSA) is 81.9 Å². The van der Waals surface area contributed by atoms with Crippen LogP contribution in [0.15, 0.2) is 29.2 Å². The van der Waals surface area contributed by atoms with Crippen molar-refractivity contribution in [2.24, 2.45) is 11.7 Å². The Balaban J connectivity index is 2.08. The molecule has 22 heavy (non-hydrogen) atoms. The molecule has 2 rings (SSSR count). The van der Waals surface area contributed by atoms with E-state index in [1.807, 2.05) is 0 Å². The fraction of sp³-hybridized carbons (Fsp3) is 0.600. The van der Waals surface area contributed by atoms with E-state index in [0.29, 0.717) is 31.4 Å². The first-order chi connectivity index (χ1) is 10.5. The van der Waals surface area contributed by atoms with Crippen LogP contribution in [0.3, 0.4) is 0 Å². The number of benzene rings is 1. The van der Waals surface area contributed by atoms with Gasteiger partial charge in [-0.05, 0) is 43.0 Å². The Bertz CT molecular complexity index is 570. The molecule has 0 amide bonds. The predicted octanol–water partition coefficient (Wildman–Crippen LogP) is 1.07. The lowest BCUT2D eigenvalue weighted by molar-refractivity contribution is 0.146. The van der Waals surface area contributed by atoms with Gasteiger partial charge in [0.2, 0.25) is 10.0 Å². The highest BCUT2D eigenvalue weighted by atomic mass is 32.2. The van der Waals surface area contributed by atoms with Crippen LogP contribution in [0, 0.1) is 5.92 Å². The lowest BCUT2D eigenvalue weighted by Gasteiger charge is -2.26. The van der Waals surface area contributed by atoms with Crippen molar-refractivity contribution in [1.29, 1.82) is 0 Å². The quantitative estimate of drug-likeness (QED) is 0.686. The number of rotatable bonds is 9. The summed E-state index contributed by atoms with van der Waals surface area (Å²) in [5.74, 6) is 1.01. The smallest absolute Gasteiger partial charge is 0.243 e. The molecule has 1 atom stereocenters. The van der Waals surface area contributed by atoms with Gasteiger partial charge in [0.25, 0.3) is 0 Å². The third kappa shape index (κ3) is 3.98. The van der Waals surface area contributed by atoms with Crippen molar-refractivity contribution in [3.05, 3.63) is 24.3 Å². The number of methoxy groups -OCH3 is 1. The SMILES string of the molecule is COCCOc1ccc(S(=O)(=O)N(C)C(CN)C2CC2)cc1. The van der Waals surface area contributed by atoms with Gasteiger partial charge in [0.1, 0.15) is 12.4 Å². The summed E-state index contributed by atoms with van der Waals surface area (Å²) in [6.45, 7) is 1.26. The molecule has 2 N–H and O–H groups in total. The van der Waals surface area contributed by atoms with Gasteiger partial charge in [-0.1, -0.05) is 0 Å². The molecule has 0 aliphatic heterocycles. The first-order valence-corrected chi connectivity index (χ1v) is 8.84. The molecule has 0 radical (unpaired) electrons. The van der Waals surface area contributed by atoms with Crippen molar-refractivity contribution < 1.29 is 17.9 Å². The minimum atomic E-state index is -3.52. The third-order valence-corrected chi connectivity index (χ3v) is 5.83. The largest absolute Gasteiger partial charge is 0.491 e. The summed E-state index contributed by atoms with van der Waals surface area (Å²) in [4.78, 5) is 0.258. The molecule has 1 aromatic rings. The molecule has 0 spiro atoms. The van der Waals surface area contributed by atoms with Crippen LogP contribution >= 0.6 is 0 Å². The molecule has 1 saturated carbocycles. The van der Waals surface area contributed by atoms with Crippen molar-refractivity contribution in [3.63, 3.8) is 0 Å². The molecular weight excluding hydrogens is 304 g/mol.